The zero-order valence-corrected chi connectivity index (χ0v) is 23.6. The molecule has 2 atom stereocenters. The maximum Gasteiger partial charge on any atom is 0.233 e. The maximum absolute atomic E-state index is 6.65. The van der Waals surface area contributed by atoms with Gasteiger partial charge in [0.05, 0.1) is 11.1 Å². The molecule has 3 nitrogen and oxygen atoms in total. The highest BCUT2D eigenvalue weighted by molar-refractivity contribution is 6.18. The zero-order valence-electron chi connectivity index (χ0n) is 22.1. The minimum Gasteiger partial charge on any atom is -0.459 e. The van der Waals surface area contributed by atoms with Crippen molar-refractivity contribution in [1.29, 1.82) is 0 Å². The molecule has 0 saturated carbocycles. The summed E-state index contributed by atoms with van der Waals surface area (Å²) < 4.78 is 19.7. The molecular formula is C30H40Cl2O3. The van der Waals surface area contributed by atoms with Gasteiger partial charge in [0.15, 0.2) is 0 Å². The fourth-order valence-corrected chi connectivity index (χ4v) is 5.16. The Kier molecular flexibility index (Phi) is 8.01. The second-order valence-corrected chi connectivity index (χ2v) is 12.7. The second kappa shape index (κ2) is 10.5. The highest BCUT2D eigenvalue weighted by Crippen LogP contribution is 2.52. The first kappa shape index (κ1) is 26.6. The van der Waals surface area contributed by atoms with Gasteiger partial charge in [0.25, 0.3) is 0 Å². The number of alkyl halides is 2. The molecule has 2 aromatic rings. The monoisotopic (exact) mass is 518 g/mol. The molecule has 0 N–H and O–H groups in total. The molecule has 4 rings (SSSR count). The summed E-state index contributed by atoms with van der Waals surface area (Å²) in [5.74, 6) is 3.19. The highest BCUT2D eigenvalue weighted by atomic mass is 35.5. The van der Waals surface area contributed by atoms with E-state index in [1.165, 1.54) is 22.3 Å². The van der Waals surface area contributed by atoms with Crippen molar-refractivity contribution in [2.75, 3.05) is 11.8 Å². The Morgan fingerprint density at radius 2 is 1.03 bits per heavy atom. The minimum atomic E-state index is -0.474. The molecule has 2 bridgehead atoms. The third-order valence-corrected chi connectivity index (χ3v) is 7.52. The van der Waals surface area contributed by atoms with E-state index in [1.807, 2.05) is 0 Å². The molecule has 2 aliphatic heterocycles. The Morgan fingerprint density at radius 1 is 0.629 bits per heavy atom. The van der Waals surface area contributed by atoms with Gasteiger partial charge < -0.3 is 9.47 Å². The van der Waals surface area contributed by atoms with Crippen molar-refractivity contribution in [3.63, 3.8) is 0 Å². The zero-order chi connectivity index (χ0) is 25.4. The van der Waals surface area contributed by atoms with E-state index in [4.69, 9.17) is 37.4 Å². The molecule has 0 spiro atoms. The number of benzene rings is 2. The molecule has 2 unspecified atom stereocenters. The van der Waals surface area contributed by atoms with E-state index in [-0.39, 0.29) is 10.8 Å². The van der Waals surface area contributed by atoms with E-state index in [2.05, 4.69) is 65.8 Å². The van der Waals surface area contributed by atoms with Gasteiger partial charge in [-0.15, -0.1) is 23.2 Å². The smallest absolute Gasteiger partial charge is 0.233 e. The van der Waals surface area contributed by atoms with Crippen molar-refractivity contribution in [3.8, 4) is 11.5 Å². The maximum atomic E-state index is 6.65. The first-order chi connectivity index (χ1) is 16.5. The topological polar surface area (TPSA) is 27.7 Å². The van der Waals surface area contributed by atoms with Crippen molar-refractivity contribution in [1.82, 2.24) is 0 Å². The first-order valence-electron chi connectivity index (χ1n) is 13.0. The average Bonchev–Trinajstić information content (AvgIpc) is 2.78. The molecule has 2 heterocycles. The number of hydrogen-bond acceptors (Lipinski definition) is 3. The number of fused-ring (bicyclic) bond motifs is 6. The Bertz CT molecular complexity index is 966. The lowest BCUT2D eigenvalue weighted by Gasteiger charge is -2.41. The van der Waals surface area contributed by atoms with Crippen LogP contribution < -0.4 is 9.47 Å². The summed E-state index contributed by atoms with van der Waals surface area (Å²) in [6, 6.07) is 9.03. The Labute approximate surface area is 221 Å². The van der Waals surface area contributed by atoms with Crippen molar-refractivity contribution in [2.45, 2.75) is 103 Å². The number of aryl methyl sites for hydroxylation is 2. The summed E-state index contributed by atoms with van der Waals surface area (Å²) in [6.45, 7) is 13.4. The third kappa shape index (κ3) is 5.78. The lowest BCUT2D eigenvalue weighted by molar-refractivity contribution is -0.228. The molecule has 0 aromatic heterocycles. The molecule has 2 aliphatic rings. The van der Waals surface area contributed by atoms with Crippen LogP contribution in [0.5, 0.6) is 11.5 Å². The Hall–Kier alpha value is -1.42. The largest absolute Gasteiger partial charge is 0.459 e. The van der Waals surface area contributed by atoms with Gasteiger partial charge in [-0.05, 0) is 83.7 Å². The van der Waals surface area contributed by atoms with Crippen molar-refractivity contribution in [3.05, 3.63) is 57.6 Å². The van der Waals surface area contributed by atoms with Crippen LogP contribution in [-0.2, 0) is 28.4 Å². The summed E-state index contributed by atoms with van der Waals surface area (Å²) in [7, 11) is 0. The van der Waals surface area contributed by atoms with Gasteiger partial charge >= 0.3 is 0 Å². The van der Waals surface area contributed by atoms with Crippen LogP contribution in [-0.4, -0.2) is 11.8 Å². The second-order valence-electron chi connectivity index (χ2n) is 11.9. The fourth-order valence-electron chi connectivity index (χ4n) is 4.78. The summed E-state index contributed by atoms with van der Waals surface area (Å²) in [4.78, 5) is 0. The summed E-state index contributed by atoms with van der Waals surface area (Å²) in [6.07, 6.45) is 4.93. The molecule has 0 fully saturated rings. The van der Waals surface area contributed by atoms with Gasteiger partial charge in [-0.25, -0.2) is 0 Å². The third-order valence-electron chi connectivity index (χ3n) is 6.99. The highest BCUT2D eigenvalue weighted by Gasteiger charge is 2.41. The van der Waals surface area contributed by atoms with Gasteiger partial charge in [-0.1, -0.05) is 53.7 Å². The fraction of sp³-hybridized carbons (Fsp3) is 0.600. The standard InChI is InChI=1S/C30H40Cl2O3/c1-29(2,3)21-15-19(11-7-9-13-31)25-23(17-21)27-34-26-20(12-8-10-14-32)16-22(30(4,5)6)18-24(26)28(33-25)35-27/h15-18,27-28H,7-14H2,1-6H3. The van der Waals surface area contributed by atoms with E-state index in [9.17, 15) is 0 Å². The van der Waals surface area contributed by atoms with E-state index < -0.39 is 12.6 Å². The summed E-state index contributed by atoms with van der Waals surface area (Å²) >= 11 is 12.0. The lowest BCUT2D eigenvalue weighted by atomic mass is 9.82. The SMILES string of the molecule is CC(C)(C)c1cc(CCCCCl)c2c(c1)C1Oc3c(CCCCCl)cc(C(C)(C)C)cc3C(O2)O1. The Morgan fingerprint density at radius 3 is 1.37 bits per heavy atom. The van der Waals surface area contributed by atoms with Crippen LogP contribution in [0, 0.1) is 0 Å². The number of rotatable bonds is 8. The predicted octanol–water partition coefficient (Wildman–Crippen LogP) is 8.90. The quantitative estimate of drug-likeness (QED) is 0.257. The van der Waals surface area contributed by atoms with Gasteiger partial charge in [0, 0.05) is 11.8 Å². The van der Waals surface area contributed by atoms with Crippen LogP contribution in [0.4, 0.5) is 0 Å². The van der Waals surface area contributed by atoms with Crippen LogP contribution in [0.2, 0.25) is 0 Å². The van der Waals surface area contributed by atoms with E-state index in [1.54, 1.807) is 0 Å². The van der Waals surface area contributed by atoms with Crippen molar-refractivity contribution >= 4 is 23.2 Å². The average molecular weight is 520 g/mol. The molecule has 0 radical (unpaired) electrons. The van der Waals surface area contributed by atoms with Crippen LogP contribution in [0.25, 0.3) is 0 Å². The van der Waals surface area contributed by atoms with Gasteiger partial charge in [0.2, 0.25) is 12.6 Å². The lowest BCUT2D eigenvalue weighted by Crippen LogP contribution is -2.32. The van der Waals surface area contributed by atoms with Crippen LogP contribution >= 0.6 is 23.2 Å². The summed E-state index contributed by atoms with van der Waals surface area (Å²) in [5, 5.41) is 0. The molecule has 5 heteroatoms. The van der Waals surface area contributed by atoms with E-state index in [0.717, 1.165) is 61.2 Å². The van der Waals surface area contributed by atoms with Crippen LogP contribution in [0.3, 0.4) is 0 Å². The van der Waals surface area contributed by atoms with E-state index >= 15 is 0 Å². The molecular weight excluding hydrogens is 479 g/mol. The molecule has 0 amide bonds. The molecule has 2 aromatic carbocycles. The molecule has 35 heavy (non-hydrogen) atoms. The van der Waals surface area contributed by atoms with Crippen LogP contribution in [0.15, 0.2) is 24.3 Å². The minimum absolute atomic E-state index is 0.00795. The predicted molar refractivity (Wildman–Crippen MR) is 145 cm³/mol. The molecule has 0 saturated heterocycles. The normalized spacial score (nSPS) is 19.0. The van der Waals surface area contributed by atoms with Crippen molar-refractivity contribution < 1.29 is 14.2 Å². The number of ether oxygens (including phenoxy) is 3. The van der Waals surface area contributed by atoms with Gasteiger partial charge in [0.1, 0.15) is 11.5 Å². The first-order valence-corrected chi connectivity index (χ1v) is 14.0. The van der Waals surface area contributed by atoms with Crippen molar-refractivity contribution in [2.24, 2.45) is 0 Å². The molecule has 192 valence electrons. The number of hydrogen-bond donors (Lipinski definition) is 0. The van der Waals surface area contributed by atoms with Gasteiger partial charge in [-0.2, -0.15) is 0 Å². The number of unbranched alkanes of at least 4 members (excludes halogenated alkanes) is 2. The number of halogens is 2. The van der Waals surface area contributed by atoms with Gasteiger partial charge in [-0.3, -0.25) is 4.74 Å². The Balaban J connectivity index is 1.78. The van der Waals surface area contributed by atoms with E-state index in [0.29, 0.717) is 11.8 Å². The molecule has 0 aliphatic carbocycles. The summed E-state index contributed by atoms with van der Waals surface area (Å²) in [5.41, 5.74) is 6.97. The van der Waals surface area contributed by atoms with Crippen LogP contribution in [0.1, 0.15) is 113 Å².